The zero-order valence-corrected chi connectivity index (χ0v) is 18.6. The molecule has 0 unspecified atom stereocenters. The fourth-order valence-electron chi connectivity index (χ4n) is 3.64. The predicted octanol–water partition coefficient (Wildman–Crippen LogP) is 5.19. The van der Waals surface area contributed by atoms with E-state index in [-0.39, 0.29) is 0 Å². The molecule has 5 nitrogen and oxygen atoms in total. The van der Waals surface area contributed by atoms with Gasteiger partial charge in [0, 0.05) is 18.2 Å². The van der Waals surface area contributed by atoms with Crippen molar-refractivity contribution >= 4 is 11.9 Å². The lowest BCUT2D eigenvalue weighted by Crippen LogP contribution is -2.53. The Morgan fingerprint density at radius 1 is 0.824 bits per heavy atom. The van der Waals surface area contributed by atoms with Gasteiger partial charge in [0.25, 0.3) is 11.5 Å². The number of ether oxygens (including phenoxy) is 2. The van der Waals surface area contributed by atoms with E-state index in [1.54, 1.807) is 67.6 Å². The second-order valence-corrected chi connectivity index (χ2v) is 7.61. The van der Waals surface area contributed by atoms with Crippen LogP contribution in [0.15, 0.2) is 91.0 Å². The van der Waals surface area contributed by atoms with Gasteiger partial charge in [0.15, 0.2) is 0 Å². The Morgan fingerprint density at radius 2 is 1.32 bits per heavy atom. The van der Waals surface area contributed by atoms with Crippen LogP contribution in [0.5, 0.6) is 0 Å². The maximum absolute atomic E-state index is 14.3. The largest absolute Gasteiger partial charge is 0.453 e. The third-order valence-electron chi connectivity index (χ3n) is 5.38. The third kappa shape index (κ3) is 5.12. The van der Waals surface area contributed by atoms with Crippen LogP contribution < -0.4 is 5.32 Å². The summed E-state index contributed by atoms with van der Waals surface area (Å²) in [6.07, 6.45) is -6.33. The first kappa shape index (κ1) is 25.0. The van der Waals surface area contributed by atoms with Gasteiger partial charge >= 0.3 is 12.1 Å². The topological polar surface area (TPSA) is 64.6 Å². The summed E-state index contributed by atoms with van der Waals surface area (Å²) < 4.78 is 53.2. The molecular weight excluding hydrogens is 447 g/mol. The van der Waals surface area contributed by atoms with E-state index in [4.69, 9.17) is 9.47 Å². The fourth-order valence-corrected chi connectivity index (χ4v) is 3.64. The van der Waals surface area contributed by atoms with Crippen molar-refractivity contribution in [1.29, 1.82) is 0 Å². The minimum atomic E-state index is -5.11. The van der Waals surface area contributed by atoms with E-state index in [2.05, 4.69) is 5.32 Å². The molecule has 0 fully saturated rings. The summed E-state index contributed by atoms with van der Waals surface area (Å²) in [6.45, 7) is 1.55. The van der Waals surface area contributed by atoms with E-state index in [9.17, 15) is 22.8 Å². The summed E-state index contributed by atoms with van der Waals surface area (Å²) in [5, 5.41) is 2.71. The van der Waals surface area contributed by atoms with Crippen molar-refractivity contribution in [2.75, 3.05) is 7.11 Å². The molecule has 0 aliphatic carbocycles. The Hall–Kier alpha value is -3.65. The Labute approximate surface area is 195 Å². The molecule has 0 spiro atoms. The molecule has 0 bridgehead atoms. The molecule has 0 saturated heterocycles. The molecule has 3 atom stereocenters. The number of alkyl halides is 3. The molecule has 1 amide bonds. The van der Waals surface area contributed by atoms with Gasteiger partial charge in [-0.25, -0.2) is 4.79 Å². The van der Waals surface area contributed by atoms with Crippen molar-refractivity contribution in [2.24, 2.45) is 0 Å². The first-order valence-electron chi connectivity index (χ1n) is 10.5. The molecule has 3 aromatic rings. The second-order valence-electron chi connectivity index (χ2n) is 7.61. The number of rotatable bonds is 8. The van der Waals surface area contributed by atoms with Crippen molar-refractivity contribution in [3.8, 4) is 0 Å². The van der Waals surface area contributed by atoms with Crippen LogP contribution in [0.25, 0.3) is 0 Å². The average Bonchev–Trinajstić information content (AvgIpc) is 2.84. The van der Waals surface area contributed by atoms with E-state index >= 15 is 0 Å². The summed E-state index contributed by atoms with van der Waals surface area (Å²) in [4.78, 5) is 25.9. The average molecular weight is 471 g/mol. The van der Waals surface area contributed by atoms with Crippen LogP contribution in [0.4, 0.5) is 13.2 Å². The van der Waals surface area contributed by atoms with E-state index in [1.165, 1.54) is 18.2 Å². The second kappa shape index (κ2) is 10.5. The highest BCUT2D eigenvalue weighted by Gasteiger charge is 2.64. The quantitative estimate of drug-likeness (QED) is 0.459. The number of halogens is 3. The molecule has 0 saturated carbocycles. The van der Waals surface area contributed by atoms with Gasteiger partial charge in [-0.15, -0.1) is 0 Å². The van der Waals surface area contributed by atoms with Crippen LogP contribution in [-0.2, 0) is 19.9 Å². The van der Waals surface area contributed by atoms with E-state index in [0.29, 0.717) is 11.1 Å². The number of nitrogens with one attached hydrogen (secondary N) is 1. The van der Waals surface area contributed by atoms with Gasteiger partial charge in [0.1, 0.15) is 6.10 Å². The van der Waals surface area contributed by atoms with Gasteiger partial charge in [-0.2, -0.15) is 13.2 Å². The van der Waals surface area contributed by atoms with Gasteiger partial charge in [0.05, 0.1) is 6.04 Å². The monoisotopic (exact) mass is 471 g/mol. The fraction of sp³-hybridized carbons (Fsp3) is 0.231. The zero-order chi connectivity index (χ0) is 24.8. The number of methoxy groups -OCH3 is 1. The van der Waals surface area contributed by atoms with Gasteiger partial charge in [-0.3, -0.25) is 4.79 Å². The normalized spacial score (nSPS) is 15.0. The maximum atomic E-state index is 14.3. The highest BCUT2D eigenvalue weighted by atomic mass is 19.4. The number of hydrogen-bond acceptors (Lipinski definition) is 4. The molecule has 0 radical (unpaired) electrons. The molecule has 0 heterocycles. The van der Waals surface area contributed by atoms with Gasteiger partial charge in [-0.1, -0.05) is 78.9 Å². The number of esters is 1. The number of amides is 1. The first-order valence-corrected chi connectivity index (χ1v) is 10.5. The smallest absolute Gasteiger partial charge is 0.432 e. The highest BCUT2D eigenvalue weighted by Crippen LogP contribution is 2.44. The number of hydrogen-bond donors (Lipinski definition) is 1. The van der Waals surface area contributed by atoms with E-state index < -0.39 is 41.4 Å². The summed E-state index contributed by atoms with van der Waals surface area (Å²) in [7, 11) is 0.805. The van der Waals surface area contributed by atoms with Crippen molar-refractivity contribution in [3.63, 3.8) is 0 Å². The Balaban J connectivity index is 1.97. The van der Waals surface area contributed by atoms with Crippen molar-refractivity contribution in [1.82, 2.24) is 5.32 Å². The van der Waals surface area contributed by atoms with Crippen LogP contribution in [0.3, 0.4) is 0 Å². The first-order chi connectivity index (χ1) is 16.2. The Morgan fingerprint density at radius 3 is 1.82 bits per heavy atom. The van der Waals surface area contributed by atoms with Gasteiger partial charge in [0.2, 0.25) is 0 Å². The SMILES string of the molecule is CO[C@@](C(=O)O[C@H](c1ccccc1)[C@@H](C)NC(=O)c1ccccc1)(c1ccccc1)C(F)(F)F. The summed E-state index contributed by atoms with van der Waals surface area (Å²) >= 11 is 0. The van der Waals surface area contributed by atoms with Crippen LogP contribution in [0.1, 0.15) is 34.5 Å². The molecule has 3 aromatic carbocycles. The summed E-state index contributed by atoms with van der Waals surface area (Å²) in [5.74, 6) is -2.09. The molecule has 3 rings (SSSR count). The minimum Gasteiger partial charge on any atom is -0.453 e. The lowest BCUT2D eigenvalue weighted by Gasteiger charge is -2.35. The standard InChI is InChI=1S/C26H24F3NO4/c1-18(30-23(31)20-14-8-4-9-15-20)22(19-12-6-3-7-13-19)34-24(32)25(33-2,26(27,28)29)21-16-10-5-11-17-21/h3-18,22H,1-2H3,(H,30,31)/t18-,22+,25-/m1/s1. The molecule has 0 aromatic heterocycles. The molecule has 34 heavy (non-hydrogen) atoms. The van der Waals surface area contributed by atoms with Crippen LogP contribution >= 0.6 is 0 Å². The van der Waals surface area contributed by atoms with E-state index in [0.717, 1.165) is 19.2 Å². The maximum Gasteiger partial charge on any atom is 0.432 e. The number of carbonyl (C=O) groups is 2. The van der Waals surface area contributed by atoms with Gasteiger partial charge in [-0.05, 0) is 24.6 Å². The van der Waals surface area contributed by atoms with E-state index in [1.807, 2.05) is 0 Å². The zero-order valence-electron chi connectivity index (χ0n) is 18.6. The Bertz CT molecular complexity index is 1090. The summed E-state index contributed by atoms with van der Waals surface area (Å²) in [6, 6.07) is 22.3. The van der Waals surface area contributed by atoms with Crippen molar-refractivity contribution < 1.29 is 32.2 Å². The predicted molar refractivity (Wildman–Crippen MR) is 120 cm³/mol. The van der Waals surface area contributed by atoms with Gasteiger partial charge < -0.3 is 14.8 Å². The molecule has 8 heteroatoms. The summed E-state index contributed by atoms with van der Waals surface area (Å²) in [5.41, 5.74) is -2.98. The molecule has 178 valence electrons. The minimum absolute atomic E-state index is 0.360. The number of benzene rings is 3. The lowest BCUT2D eigenvalue weighted by atomic mass is 9.92. The van der Waals surface area contributed by atoms with Crippen molar-refractivity contribution in [3.05, 3.63) is 108 Å². The Kier molecular flexibility index (Phi) is 7.73. The van der Waals surface area contributed by atoms with Crippen LogP contribution in [0.2, 0.25) is 0 Å². The molecule has 0 aliphatic rings. The van der Waals surface area contributed by atoms with Crippen LogP contribution in [0, 0.1) is 0 Å². The molecular formula is C26H24F3NO4. The van der Waals surface area contributed by atoms with Crippen molar-refractivity contribution in [2.45, 2.75) is 30.8 Å². The highest BCUT2D eigenvalue weighted by molar-refractivity contribution is 5.94. The molecule has 1 N–H and O–H groups in total. The van der Waals surface area contributed by atoms with Crippen LogP contribution in [-0.4, -0.2) is 31.2 Å². The third-order valence-corrected chi connectivity index (χ3v) is 5.38. The molecule has 0 aliphatic heterocycles. The number of carbonyl (C=O) groups excluding carboxylic acids is 2. The lowest BCUT2D eigenvalue weighted by molar-refractivity contribution is -0.278.